The van der Waals surface area contributed by atoms with Crippen LogP contribution >= 0.6 is 12.2 Å². The van der Waals surface area contributed by atoms with Gasteiger partial charge in [0, 0.05) is 30.4 Å². The molecule has 1 heterocycles. The van der Waals surface area contributed by atoms with Crippen molar-refractivity contribution in [1.82, 2.24) is 4.90 Å². The average Bonchev–Trinajstić information content (AvgIpc) is 2.43. The molecule has 3 nitrogen and oxygen atoms in total. The van der Waals surface area contributed by atoms with Crippen molar-refractivity contribution < 1.29 is 0 Å². The number of hydrogen-bond acceptors (Lipinski definition) is 3. The highest BCUT2D eigenvalue weighted by atomic mass is 32.1. The van der Waals surface area contributed by atoms with Crippen molar-refractivity contribution in [2.45, 2.75) is 39.2 Å². The van der Waals surface area contributed by atoms with Crippen LogP contribution in [0.2, 0.25) is 0 Å². The van der Waals surface area contributed by atoms with Crippen LogP contribution in [0, 0.1) is 6.92 Å². The molecule has 0 bridgehead atoms. The van der Waals surface area contributed by atoms with Gasteiger partial charge in [-0.05, 0) is 44.9 Å². The fourth-order valence-electron chi connectivity index (χ4n) is 2.82. The van der Waals surface area contributed by atoms with Crippen LogP contribution in [0.15, 0.2) is 18.2 Å². The second kappa shape index (κ2) is 7.04. The van der Waals surface area contributed by atoms with Gasteiger partial charge in [-0.2, -0.15) is 0 Å². The van der Waals surface area contributed by atoms with E-state index in [2.05, 4.69) is 42.3 Å². The van der Waals surface area contributed by atoms with Crippen molar-refractivity contribution in [1.29, 1.82) is 0 Å². The minimum atomic E-state index is 0.472. The lowest BCUT2D eigenvalue weighted by atomic mass is 10.0. The number of nitrogens with zero attached hydrogens (tertiary/aromatic N) is 1. The largest absolute Gasteiger partial charge is 0.389 e. The molecule has 0 amide bonds. The Balaban J connectivity index is 1.99. The van der Waals surface area contributed by atoms with Crippen molar-refractivity contribution >= 4 is 22.9 Å². The zero-order chi connectivity index (χ0) is 14.5. The number of nitrogens with one attached hydrogen (secondary N) is 1. The van der Waals surface area contributed by atoms with Gasteiger partial charge >= 0.3 is 0 Å². The summed E-state index contributed by atoms with van der Waals surface area (Å²) in [6, 6.07) is 6.80. The molecule has 3 N–H and O–H groups in total. The second-order valence-electron chi connectivity index (χ2n) is 5.67. The van der Waals surface area contributed by atoms with E-state index < -0.39 is 0 Å². The fourth-order valence-corrected chi connectivity index (χ4v) is 2.99. The zero-order valence-electron chi connectivity index (χ0n) is 12.5. The van der Waals surface area contributed by atoms with Gasteiger partial charge in [0.25, 0.3) is 0 Å². The monoisotopic (exact) mass is 291 g/mol. The standard InChI is InChI=1S/C16H25N3S/c1-3-8-19-9-6-13(7-10-19)18-15-5-4-12(2)11-14(15)16(17)20/h4-5,11,13,18H,3,6-10H2,1-2H3,(H2,17,20). The lowest BCUT2D eigenvalue weighted by Gasteiger charge is -2.33. The third-order valence-corrected chi connectivity index (χ3v) is 4.15. The number of thiocarbonyl (C=S) groups is 1. The predicted molar refractivity (Wildman–Crippen MR) is 90.4 cm³/mol. The smallest absolute Gasteiger partial charge is 0.106 e. The van der Waals surface area contributed by atoms with Crippen LogP contribution in [0.1, 0.15) is 37.3 Å². The summed E-state index contributed by atoms with van der Waals surface area (Å²) in [5.41, 5.74) is 9.07. The third-order valence-electron chi connectivity index (χ3n) is 3.93. The number of rotatable bonds is 5. The van der Waals surface area contributed by atoms with Crippen LogP contribution in [0.25, 0.3) is 0 Å². The van der Waals surface area contributed by atoms with Gasteiger partial charge in [0.05, 0.1) is 0 Å². The van der Waals surface area contributed by atoms with E-state index in [1.54, 1.807) is 0 Å². The number of piperidine rings is 1. The van der Waals surface area contributed by atoms with Crippen LogP contribution in [0.3, 0.4) is 0 Å². The van der Waals surface area contributed by atoms with E-state index in [-0.39, 0.29) is 0 Å². The average molecular weight is 291 g/mol. The SMILES string of the molecule is CCCN1CCC(Nc2ccc(C)cc2C(N)=S)CC1. The molecule has 1 aliphatic rings. The minimum Gasteiger partial charge on any atom is -0.389 e. The van der Waals surface area contributed by atoms with Crippen LogP contribution in [-0.2, 0) is 0 Å². The van der Waals surface area contributed by atoms with Gasteiger partial charge in [-0.25, -0.2) is 0 Å². The van der Waals surface area contributed by atoms with E-state index in [0.717, 1.165) is 11.3 Å². The van der Waals surface area contributed by atoms with Gasteiger partial charge in [0.2, 0.25) is 0 Å². The van der Waals surface area contributed by atoms with Crippen molar-refractivity contribution in [2.24, 2.45) is 5.73 Å². The number of benzene rings is 1. The normalized spacial score (nSPS) is 17.1. The Hall–Kier alpha value is -1.13. The summed E-state index contributed by atoms with van der Waals surface area (Å²) in [5, 5.41) is 3.63. The summed E-state index contributed by atoms with van der Waals surface area (Å²) < 4.78 is 0. The molecule has 0 saturated carbocycles. The van der Waals surface area contributed by atoms with E-state index in [9.17, 15) is 0 Å². The Kier molecular flexibility index (Phi) is 5.38. The quantitative estimate of drug-likeness (QED) is 0.819. The van der Waals surface area contributed by atoms with Crippen LogP contribution in [-0.4, -0.2) is 35.6 Å². The maximum atomic E-state index is 5.83. The van der Waals surface area contributed by atoms with E-state index in [4.69, 9.17) is 18.0 Å². The van der Waals surface area contributed by atoms with E-state index in [1.807, 2.05) is 0 Å². The first kappa shape index (κ1) is 15.3. The molecular formula is C16H25N3S. The molecule has 0 radical (unpaired) electrons. The lowest BCUT2D eigenvalue weighted by Crippen LogP contribution is -2.39. The van der Waals surface area contributed by atoms with Gasteiger partial charge in [-0.3, -0.25) is 0 Å². The number of hydrogen-bond donors (Lipinski definition) is 2. The molecule has 0 aliphatic carbocycles. The van der Waals surface area contributed by atoms with Gasteiger partial charge in [-0.15, -0.1) is 0 Å². The summed E-state index contributed by atoms with van der Waals surface area (Å²) in [6.07, 6.45) is 3.61. The van der Waals surface area contributed by atoms with Crippen molar-refractivity contribution in [3.63, 3.8) is 0 Å². The maximum Gasteiger partial charge on any atom is 0.106 e. The second-order valence-corrected chi connectivity index (χ2v) is 6.11. The lowest BCUT2D eigenvalue weighted by molar-refractivity contribution is 0.219. The number of likely N-dealkylation sites (tertiary alicyclic amines) is 1. The third kappa shape index (κ3) is 3.93. The first-order valence-corrected chi connectivity index (χ1v) is 7.90. The summed E-state index contributed by atoms with van der Waals surface area (Å²) in [4.78, 5) is 3.02. The molecule has 1 fully saturated rings. The van der Waals surface area contributed by atoms with Crippen molar-refractivity contribution in [3.8, 4) is 0 Å². The number of anilines is 1. The molecule has 1 aromatic carbocycles. The molecule has 110 valence electrons. The van der Waals surface area contributed by atoms with Gasteiger partial charge < -0.3 is 16.0 Å². The van der Waals surface area contributed by atoms with E-state index >= 15 is 0 Å². The van der Waals surface area contributed by atoms with Crippen LogP contribution in [0.4, 0.5) is 5.69 Å². The molecule has 0 spiro atoms. The Morgan fingerprint density at radius 3 is 2.70 bits per heavy atom. The molecule has 1 aromatic rings. The maximum absolute atomic E-state index is 5.83. The van der Waals surface area contributed by atoms with E-state index in [0.29, 0.717) is 11.0 Å². The molecule has 2 rings (SSSR count). The Labute approximate surface area is 127 Å². The predicted octanol–water partition coefficient (Wildman–Crippen LogP) is 2.92. The first-order valence-electron chi connectivity index (χ1n) is 7.49. The highest BCUT2D eigenvalue weighted by molar-refractivity contribution is 7.80. The zero-order valence-corrected chi connectivity index (χ0v) is 13.3. The Morgan fingerprint density at radius 2 is 2.10 bits per heavy atom. The summed E-state index contributed by atoms with van der Waals surface area (Å²) >= 11 is 5.16. The molecule has 4 heteroatoms. The molecule has 1 aliphatic heterocycles. The summed E-state index contributed by atoms with van der Waals surface area (Å²) in [7, 11) is 0. The van der Waals surface area contributed by atoms with Crippen LogP contribution < -0.4 is 11.1 Å². The number of aryl methyl sites for hydroxylation is 1. The van der Waals surface area contributed by atoms with Gasteiger partial charge in [0.1, 0.15) is 4.99 Å². The number of nitrogens with two attached hydrogens (primary N) is 1. The van der Waals surface area contributed by atoms with E-state index in [1.165, 1.54) is 44.5 Å². The first-order chi connectivity index (χ1) is 9.60. The van der Waals surface area contributed by atoms with Gasteiger partial charge in [0.15, 0.2) is 0 Å². The molecular weight excluding hydrogens is 266 g/mol. The molecule has 0 atom stereocenters. The molecule has 1 saturated heterocycles. The molecule has 0 unspecified atom stereocenters. The Bertz CT molecular complexity index is 465. The topological polar surface area (TPSA) is 41.3 Å². The highest BCUT2D eigenvalue weighted by Crippen LogP contribution is 2.21. The summed E-state index contributed by atoms with van der Waals surface area (Å²) in [6.45, 7) is 7.88. The van der Waals surface area contributed by atoms with Gasteiger partial charge in [-0.1, -0.05) is 30.8 Å². The summed E-state index contributed by atoms with van der Waals surface area (Å²) in [5.74, 6) is 0. The Morgan fingerprint density at radius 1 is 1.40 bits per heavy atom. The highest BCUT2D eigenvalue weighted by Gasteiger charge is 2.19. The molecule has 0 aromatic heterocycles. The fraction of sp³-hybridized carbons (Fsp3) is 0.562. The van der Waals surface area contributed by atoms with Crippen molar-refractivity contribution in [2.75, 3.05) is 25.0 Å². The van der Waals surface area contributed by atoms with Crippen LogP contribution in [0.5, 0.6) is 0 Å². The minimum absolute atomic E-state index is 0.472. The molecule has 20 heavy (non-hydrogen) atoms. The van der Waals surface area contributed by atoms with Crippen molar-refractivity contribution in [3.05, 3.63) is 29.3 Å².